The Labute approximate surface area is 106 Å². The van der Waals surface area contributed by atoms with Crippen molar-refractivity contribution in [1.29, 1.82) is 0 Å². The molecule has 92 valence electrons. The molecule has 4 nitrogen and oxygen atoms in total. The fourth-order valence-corrected chi connectivity index (χ4v) is 2.45. The van der Waals surface area contributed by atoms with Crippen LogP contribution < -0.4 is 11.1 Å². The molecular formula is C14H16N4. The summed E-state index contributed by atoms with van der Waals surface area (Å²) in [5.41, 5.74) is 9.70. The van der Waals surface area contributed by atoms with E-state index in [4.69, 9.17) is 5.73 Å². The van der Waals surface area contributed by atoms with E-state index < -0.39 is 0 Å². The quantitative estimate of drug-likeness (QED) is 0.840. The van der Waals surface area contributed by atoms with E-state index in [1.54, 1.807) is 0 Å². The van der Waals surface area contributed by atoms with Gasteiger partial charge in [-0.15, -0.1) is 5.10 Å². The minimum atomic E-state index is 0.0884. The van der Waals surface area contributed by atoms with E-state index in [2.05, 4.69) is 33.7 Å². The topological polar surface area (TPSA) is 63.8 Å². The van der Waals surface area contributed by atoms with Crippen LogP contribution in [0.4, 0.5) is 5.82 Å². The molecule has 1 aliphatic rings. The Balaban J connectivity index is 1.87. The summed E-state index contributed by atoms with van der Waals surface area (Å²) in [5, 5.41) is 11.6. The van der Waals surface area contributed by atoms with Gasteiger partial charge in [0, 0.05) is 6.04 Å². The molecule has 0 fully saturated rings. The molecular weight excluding hydrogens is 224 g/mol. The molecule has 0 amide bonds. The molecule has 1 aromatic heterocycles. The molecule has 0 radical (unpaired) electrons. The van der Waals surface area contributed by atoms with Gasteiger partial charge in [0.05, 0.1) is 11.7 Å². The lowest BCUT2D eigenvalue weighted by Gasteiger charge is -2.18. The van der Waals surface area contributed by atoms with Gasteiger partial charge in [-0.1, -0.05) is 24.3 Å². The standard InChI is InChI=1S/C14H16N4/c1-9-6-7-13(18-17-9)16-14-11-5-3-2-4-10(11)8-12(14)15/h2-7,12,14H,8,15H2,1H3,(H,16,18). The smallest absolute Gasteiger partial charge is 0.149 e. The molecule has 1 aromatic carbocycles. The lowest BCUT2D eigenvalue weighted by molar-refractivity contribution is 0.622. The van der Waals surface area contributed by atoms with Crippen molar-refractivity contribution >= 4 is 5.82 Å². The maximum atomic E-state index is 6.20. The molecule has 4 heteroatoms. The van der Waals surface area contributed by atoms with Gasteiger partial charge in [0.1, 0.15) is 5.82 Å². The van der Waals surface area contributed by atoms with Crippen LogP contribution in [-0.2, 0) is 6.42 Å². The van der Waals surface area contributed by atoms with Crippen molar-refractivity contribution in [3.8, 4) is 0 Å². The van der Waals surface area contributed by atoms with Gasteiger partial charge in [0.15, 0.2) is 0 Å². The van der Waals surface area contributed by atoms with E-state index in [0.29, 0.717) is 0 Å². The first kappa shape index (κ1) is 11.2. The number of benzene rings is 1. The largest absolute Gasteiger partial charge is 0.360 e. The summed E-state index contributed by atoms with van der Waals surface area (Å²) in [6.07, 6.45) is 0.910. The molecule has 1 aliphatic carbocycles. The second kappa shape index (κ2) is 4.38. The first-order valence-electron chi connectivity index (χ1n) is 6.14. The third-order valence-corrected chi connectivity index (χ3v) is 3.38. The van der Waals surface area contributed by atoms with Crippen LogP contribution in [-0.4, -0.2) is 16.2 Å². The lowest BCUT2D eigenvalue weighted by Crippen LogP contribution is -2.30. The van der Waals surface area contributed by atoms with Crippen LogP contribution in [0.1, 0.15) is 22.9 Å². The molecule has 0 aliphatic heterocycles. The Morgan fingerprint density at radius 2 is 2.00 bits per heavy atom. The minimum Gasteiger partial charge on any atom is -0.360 e. The molecule has 0 saturated carbocycles. The van der Waals surface area contributed by atoms with Gasteiger partial charge in [-0.05, 0) is 36.6 Å². The van der Waals surface area contributed by atoms with E-state index in [0.717, 1.165) is 17.9 Å². The Hall–Kier alpha value is -1.94. The normalized spacial score (nSPS) is 21.7. The number of hydrogen-bond acceptors (Lipinski definition) is 4. The number of fused-ring (bicyclic) bond motifs is 1. The molecule has 2 unspecified atom stereocenters. The maximum Gasteiger partial charge on any atom is 0.149 e. The predicted octanol–water partition coefficient (Wildman–Crippen LogP) is 1.82. The van der Waals surface area contributed by atoms with Gasteiger partial charge >= 0.3 is 0 Å². The highest BCUT2D eigenvalue weighted by atomic mass is 15.2. The minimum absolute atomic E-state index is 0.0884. The third kappa shape index (κ3) is 1.95. The number of hydrogen-bond donors (Lipinski definition) is 2. The summed E-state index contributed by atoms with van der Waals surface area (Å²) in [7, 11) is 0. The van der Waals surface area contributed by atoms with E-state index >= 15 is 0 Å². The average molecular weight is 240 g/mol. The van der Waals surface area contributed by atoms with Crippen molar-refractivity contribution in [2.75, 3.05) is 5.32 Å². The van der Waals surface area contributed by atoms with Crippen LogP contribution in [0.25, 0.3) is 0 Å². The van der Waals surface area contributed by atoms with Gasteiger partial charge in [-0.2, -0.15) is 5.10 Å². The number of aromatic nitrogens is 2. The van der Waals surface area contributed by atoms with Crippen LogP contribution in [0.5, 0.6) is 0 Å². The van der Waals surface area contributed by atoms with Crippen LogP contribution in [0.3, 0.4) is 0 Å². The number of aryl methyl sites for hydroxylation is 1. The first-order valence-corrected chi connectivity index (χ1v) is 6.14. The molecule has 0 bridgehead atoms. The summed E-state index contributed by atoms with van der Waals surface area (Å²) in [6.45, 7) is 1.92. The predicted molar refractivity (Wildman–Crippen MR) is 71.3 cm³/mol. The lowest BCUT2D eigenvalue weighted by atomic mass is 10.1. The third-order valence-electron chi connectivity index (χ3n) is 3.38. The van der Waals surface area contributed by atoms with E-state index in [1.165, 1.54) is 11.1 Å². The summed E-state index contributed by atoms with van der Waals surface area (Å²) in [4.78, 5) is 0. The van der Waals surface area contributed by atoms with Gasteiger partial charge in [-0.3, -0.25) is 0 Å². The first-order chi connectivity index (χ1) is 8.74. The maximum absolute atomic E-state index is 6.20. The Bertz CT molecular complexity index is 550. The van der Waals surface area contributed by atoms with Crippen molar-refractivity contribution in [2.45, 2.75) is 25.4 Å². The van der Waals surface area contributed by atoms with Crippen molar-refractivity contribution < 1.29 is 0 Å². The van der Waals surface area contributed by atoms with E-state index in [9.17, 15) is 0 Å². The number of nitrogens with zero attached hydrogens (tertiary/aromatic N) is 2. The molecule has 2 aromatic rings. The van der Waals surface area contributed by atoms with Crippen LogP contribution in [0.2, 0.25) is 0 Å². The SMILES string of the molecule is Cc1ccc(NC2c3ccccc3CC2N)nn1. The van der Waals surface area contributed by atoms with Gasteiger partial charge in [0.25, 0.3) is 0 Å². The van der Waals surface area contributed by atoms with Crippen molar-refractivity contribution in [3.63, 3.8) is 0 Å². The summed E-state index contributed by atoms with van der Waals surface area (Å²) in [5.74, 6) is 0.776. The molecule has 1 heterocycles. The number of anilines is 1. The van der Waals surface area contributed by atoms with E-state index in [1.807, 2.05) is 25.1 Å². The average Bonchev–Trinajstić information content (AvgIpc) is 2.69. The number of nitrogens with two attached hydrogens (primary N) is 1. The molecule has 18 heavy (non-hydrogen) atoms. The summed E-state index contributed by atoms with van der Waals surface area (Å²) < 4.78 is 0. The molecule has 0 saturated heterocycles. The molecule has 3 N–H and O–H groups in total. The highest BCUT2D eigenvalue weighted by Gasteiger charge is 2.29. The van der Waals surface area contributed by atoms with Crippen molar-refractivity contribution in [2.24, 2.45) is 5.73 Å². The zero-order valence-electron chi connectivity index (χ0n) is 10.3. The molecule has 3 rings (SSSR count). The summed E-state index contributed by atoms with van der Waals surface area (Å²) in [6, 6.07) is 12.5. The molecule has 0 spiro atoms. The van der Waals surface area contributed by atoms with E-state index in [-0.39, 0.29) is 12.1 Å². The Morgan fingerprint density at radius 1 is 1.17 bits per heavy atom. The number of nitrogens with one attached hydrogen (secondary N) is 1. The van der Waals surface area contributed by atoms with Crippen LogP contribution >= 0.6 is 0 Å². The monoisotopic (exact) mass is 240 g/mol. The van der Waals surface area contributed by atoms with Gasteiger partial charge in [0.2, 0.25) is 0 Å². The van der Waals surface area contributed by atoms with Crippen LogP contribution in [0.15, 0.2) is 36.4 Å². The fraction of sp³-hybridized carbons (Fsp3) is 0.286. The number of rotatable bonds is 2. The molecule has 2 atom stereocenters. The van der Waals surface area contributed by atoms with Crippen LogP contribution in [0, 0.1) is 6.92 Å². The Morgan fingerprint density at radius 3 is 2.78 bits per heavy atom. The van der Waals surface area contributed by atoms with Crippen molar-refractivity contribution in [1.82, 2.24) is 10.2 Å². The second-order valence-electron chi connectivity index (χ2n) is 4.75. The highest BCUT2D eigenvalue weighted by molar-refractivity contribution is 5.45. The van der Waals surface area contributed by atoms with Gasteiger partial charge < -0.3 is 11.1 Å². The second-order valence-corrected chi connectivity index (χ2v) is 4.75. The fourth-order valence-electron chi connectivity index (χ4n) is 2.45. The zero-order chi connectivity index (χ0) is 12.5. The summed E-state index contributed by atoms with van der Waals surface area (Å²) >= 11 is 0. The highest BCUT2D eigenvalue weighted by Crippen LogP contribution is 2.32. The van der Waals surface area contributed by atoms with Gasteiger partial charge in [-0.25, -0.2) is 0 Å². The van der Waals surface area contributed by atoms with Crippen molar-refractivity contribution in [3.05, 3.63) is 53.2 Å². The zero-order valence-corrected chi connectivity index (χ0v) is 10.3. The Kier molecular flexibility index (Phi) is 2.72.